The molecule has 2 aromatic carbocycles. The highest BCUT2D eigenvalue weighted by molar-refractivity contribution is 7.99. The average Bonchev–Trinajstić information content (AvgIpc) is 2.57. The Morgan fingerprint density at radius 1 is 1.17 bits per heavy atom. The molecule has 2 amide bonds. The predicted molar refractivity (Wildman–Crippen MR) is 98.1 cm³/mol. The number of hydrogen-bond acceptors (Lipinski definition) is 4. The molecule has 0 fully saturated rings. The Morgan fingerprint density at radius 3 is 2.58 bits per heavy atom. The second-order valence-corrected chi connectivity index (χ2v) is 6.67. The lowest BCUT2D eigenvalue weighted by Gasteiger charge is -2.17. The van der Waals surface area contributed by atoms with Crippen molar-refractivity contribution < 1.29 is 14.3 Å². The summed E-state index contributed by atoms with van der Waals surface area (Å²) in [4.78, 5) is 24.5. The Labute approximate surface area is 146 Å². The highest BCUT2D eigenvalue weighted by atomic mass is 32.2. The molecule has 6 heteroatoms. The number of benzene rings is 2. The number of fused-ring (bicyclic) bond motifs is 1. The van der Waals surface area contributed by atoms with Gasteiger partial charge in [0.2, 0.25) is 11.8 Å². The fourth-order valence-electron chi connectivity index (χ4n) is 2.38. The molecule has 128 valence electrons. The molecule has 0 spiro atoms. The van der Waals surface area contributed by atoms with Gasteiger partial charge in [-0.05, 0) is 34.5 Å². The quantitative estimate of drug-likeness (QED) is 0.745. The summed E-state index contributed by atoms with van der Waals surface area (Å²) >= 11 is 1.38. The first-order valence-electron chi connectivity index (χ1n) is 7.66. The molecule has 0 bridgehead atoms. The molecule has 0 heterocycles. The van der Waals surface area contributed by atoms with Gasteiger partial charge < -0.3 is 15.4 Å². The summed E-state index contributed by atoms with van der Waals surface area (Å²) in [5.41, 5.74) is 6.15. The summed E-state index contributed by atoms with van der Waals surface area (Å²) in [5, 5.41) is 2.22. The molecule has 0 saturated heterocycles. The van der Waals surface area contributed by atoms with Crippen LogP contribution >= 0.6 is 11.8 Å². The van der Waals surface area contributed by atoms with Gasteiger partial charge in [-0.2, -0.15) is 11.8 Å². The van der Waals surface area contributed by atoms with E-state index in [0.717, 1.165) is 22.1 Å². The second-order valence-electron chi connectivity index (χ2n) is 5.57. The summed E-state index contributed by atoms with van der Waals surface area (Å²) < 4.78 is 5.23. The van der Waals surface area contributed by atoms with Crippen molar-refractivity contribution in [2.24, 2.45) is 5.73 Å². The highest BCUT2D eigenvalue weighted by Gasteiger charge is 2.10. The van der Waals surface area contributed by atoms with Crippen LogP contribution in [0.25, 0.3) is 10.8 Å². The fraction of sp³-hybridized carbons (Fsp3) is 0.333. The van der Waals surface area contributed by atoms with E-state index in [-0.39, 0.29) is 17.6 Å². The molecule has 0 saturated carbocycles. The molecular weight excluding hydrogens is 324 g/mol. The minimum atomic E-state index is -0.353. The van der Waals surface area contributed by atoms with Gasteiger partial charge in [0.1, 0.15) is 5.75 Å². The summed E-state index contributed by atoms with van der Waals surface area (Å²) in [5.74, 6) is 1.39. The Bertz CT molecular complexity index is 733. The standard InChI is InChI=1S/C18H22N2O3S/c1-20(18(22)7-8-24-12-17(19)21)11-13-3-4-15-10-16(23-2)6-5-14(15)9-13/h3-6,9-10H,7-8,11-12H2,1-2H3,(H2,19,21). The number of nitrogens with zero attached hydrogens (tertiary/aromatic N) is 1. The minimum absolute atomic E-state index is 0.0572. The smallest absolute Gasteiger partial charge is 0.227 e. The van der Waals surface area contributed by atoms with E-state index in [9.17, 15) is 9.59 Å². The van der Waals surface area contributed by atoms with Crippen LogP contribution in [0.2, 0.25) is 0 Å². The van der Waals surface area contributed by atoms with Crippen LogP contribution in [0.3, 0.4) is 0 Å². The van der Waals surface area contributed by atoms with Crippen molar-refractivity contribution in [3.05, 3.63) is 42.0 Å². The lowest BCUT2D eigenvalue weighted by Crippen LogP contribution is -2.26. The van der Waals surface area contributed by atoms with Crippen LogP contribution < -0.4 is 10.5 Å². The van der Waals surface area contributed by atoms with Crippen LogP contribution in [-0.2, 0) is 16.1 Å². The molecule has 0 aromatic heterocycles. The molecule has 0 aliphatic carbocycles. The first kappa shape index (κ1) is 18.1. The van der Waals surface area contributed by atoms with Crippen LogP contribution in [0.15, 0.2) is 36.4 Å². The van der Waals surface area contributed by atoms with E-state index in [1.54, 1.807) is 19.1 Å². The largest absolute Gasteiger partial charge is 0.497 e. The maximum atomic E-state index is 12.1. The first-order chi connectivity index (χ1) is 11.5. The number of amides is 2. The third-order valence-corrected chi connectivity index (χ3v) is 4.64. The third kappa shape index (κ3) is 5.16. The summed E-state index contributed by atoms with van der Waals surface area (Å²) in [6, 6.07) is 12.1. The Kier molecular flexibility index (Phi) is 6.49. The maximum Gasteiger partial charge on any atom is 0.227 e. The van der Waals surface area contributed by atoms with Crippen LogP contribution in [0.4, 0.5) is 0 Å². The number of rotatable bonds is 8. The van der Waals surface area contributed by atoms with Crippen LogP contribution in [0.1, 0.15) is 12.0 Å². The van der Waals surface area contributed by atoms with Gasteiger partial charge in [-0.15, -0.1) is 0 Å². The van der Waals surface area contributed by atoms with Crippen LogP contribution in [0, 0.1) is 0 Å². The second kappa shape index (κ2) is 8.59. The van der Waals surface area contributed by atoms with E-state index in [2.05, 4.69) is 6.07 Å². The third-order valence-electron chi connectivity index (χ3n) is 3.66. The fourth-order valence-corrected chi connectivity index (χ4v) is 3.05. The van der Waals surface area contributed by atoms with E-state index in [4.69, 9.17) is 10.5 Å². The zero-order chi connectivity index (χ0) is 17.5. The van der Waals surface area contributed by atoms with Gasteiger partial charge in [0.25, 0.3) is 0 Å². The number of primary amides is 1. The number of carbonyl (C=O) groups is 2. The monoisotopic (exact) mass is 346 g/mol. The van der Waals surface area contributed by atoms with Crippen molar-refractivity contribution in [3.8, 4) is 5.75 Å². The lowest BCUT2D eigenvalue weighted by molar-refractivity contribution is -0.130. The van der Waals surface area contributed by atoms with E-state index in [0.29, 0.717) is 18.7 Å². The van der Waals surface area contributed by atoms with E-state index in [1.165, 1.54) is 11.8 Å². The topological polar surface area (TPSA) is 72.6 Å². The Morgan fingerprint density at radius 2 is 1.88 bits per heavy atom. The average molecular weight is 346 g/mol. The molecule has 24 heavy (non-hydrogen) atoms. The number of carbonyl (C=O) groups excluding carboxylic acids is 2. The van der Waals surface area contributed by atoms with Crippen molar-refractivity contribution in [1.82, 2.24) is 4.90 Å². The van der Waals surface area contributed by atoms with Crippen LogP contribution in [-0.4, -0.2) is 42.4 Å². The van der Waals surface area contributed by atoms with Gasteiger partial charge in [0.05, 0.1) is 12.9 Å². The van der Waals surface area contributed by atoms with Gasteiger partial charge in [0.15, 0.2) is 0 Å². The summed E-state index contributed by atoms with van der Waals surface area (Å²) in [6.45, 7) is 0.557. The molecule has 0 radical (unpaired) electrons. The molecule has 0 atom stereocenters. The van der Waals surface area contributed by atoms with Crippen molar-refractivity contribution in [2.45, 2.75) is 13.0 Å². The zero-order valence-electron chi connectivity index (χ0n) is 14.0. The Balaban J connectivity index is 1.93. The molecule has 0 aliphatic rings. The molecular formula is C18H22N2O3S. The molecule has 0 unspecified atom stereocenters. The SMILES string of the molecule is COc1ccc2cc(CN(C)C(=O)CCSCC(N)=O)ccc2c1. The van der Waals surface area contributed by atoms with Crippen LogP contribution in [0.5, 0.6) is 5.75 Å². The number of nitrogens with two attached hydrogens (primary N) is 1. The molecule has 0 aliphatic heterocycles. The van der Waals surface area contributed by atoms with Crippen molar-refractivity contribution in [3.63, 3.8) is 0 Å². The van der Waals surface area contributed by atoms with Gasteiger partial charge >= 0.3 is 0 Å². The Hall–Kier alpha value is -2.21. The van der Waals surface area contributed by atoms with Gasteiger partial charge in [0, 0.05) is 25.8 Å². The summed E-state index contributed by atoms with van der Waals surface area (Å²) in [6.07, 6.45) is 0.402. The van der Waals surface area contributed by atoms with Crippen molar-refractivity contribution in [1.29, 1.82) is 0 Å². The van der Waals surface area contributed by atoms with Crippen molar-refractivity contribution in [2.75, 3.05) is 25.7 Å². The van der Waals surface area contributed by atoms with Crippen molar-refractivity contribution >= 4 is 34.3 Å². The maximum absolute atomic E-state index is 12.1. The van der Waals surface area contributed by atoms with E-state index in [1.807, 2.05) is 30.3 Å². The number of ether oxygens (including phenoxy) is 1. The normalized spacial score (nSPS) is 10.6. The molecule has 2 N–H and O–H groups in total. The number of methoxy groups -OCH3 is 1. The molecule has 2 rings (SSSR count). The molecule has 5 nitrogen and oxygen atoms in total. The zero-order valence-corrected chi connectivity index (χ0v) is 14.8. The lowest BCUT2D eigenvalue weighted by atomic mass is 10.1. The molecule has 2 aromatic rings. The summed E-state index contributed by atoms with van der Waals surface area (Å²) in [7, 11) is 3.44. The predicted octanol–water partition coefficient (Wildman–Crippen LogP) is 2.42. The first-order valence-corrected chi connectivity index (χ1v) is 8.82. The number of thioether (sulfide) groups is 1. The highest BCUT2D eigenvalue weighted by Crippen LogP contribution is 2.22. The van der Waals surface area contributed by atoms with Gasteiger partial charge in [-0.1, -0.05) is 18.2 Å². The van der Waals surface area contributed by atoms with E-state index < -0.39 is 0 Å². The minimum Gasteiger partial charge on any atom is -0.497 e. The number of hydrogen-bond donors (Lipinski definition) is 1. The van der Waals surface area contributed by atoms with E-state index >= 15 is 0 Å². The van der Waals surface area contributed by atoms with Gasteiger partial charge in [-0.25, -0.2) is 0 Å². The van der Waals surface area contributed by atoms with Gasteiger partial charge in [-0.3, -0.25) is 9.59 Å².